The van der Waals surface area contributed by atoms with Crippen LogP contribution in [0.1, 0.15) is 258 Å². The molecule has 0 spiro atoms. The van der Waals surface area contributed by atoms with Gasteiger partial charge < -0.3 is 45.1 Å². The van der Waals surface area contributed by atoms with Crippen LogP contribution in [0.5, 0.6) is 0 Å². The van der Waals surface area contributed by atoms with E-state index >= 15 is 0 Å². The Bertz CT molecular complexity index is 1180. The lowest BCUT2D eigenvalue weighted by molar-refractivity contribution is -0.305. The van der Waals surface area contributed by atoms with Crippen LogP contribution in [0.2, 0.25) is 0 Å². The molecule has 0 aliphatic carbocycles. The number of rotatable bonds is 47. The fourth-order valence-corrected chi connectivity index (χ4v) is 8.81. The van der Waals surface area contributed by atoms with Gasteiger partial charge in [0, 0.05) is 6.42 Å². The Kier molecular flexibility index (Phi) is 42.7. The zero-order valence-corrected chi connectivity index (χ0v) is 43.3. The summed E-state index contributed by atoms with van der Waals surface area (Å²) in [5.74, 6) is -1.20. The van der Waals surface area contributed by atoms with Gasteiger partial charge in [0.25, 0.3) is 0 Å². The van der Waals surface area contributed by atoms with Crippen LogP contribution >= 0.6 is 0 Å². The molecule has 0 bridgehead atoms. The molecule has 0 saturated carbocycles. The Hall–Kier alpha value is -1.86. The molecule has 1 amide bonds. The van der Waals surface area contributed by atoms with Crippen molar-refractivity contribution in [3.8, 4) is 0 Å². The number of aliphatic hydroxyl groups is 5. The first-order chi connectivity index (χ1) is 32.7. The summed E-state index contributed by atoms with van der Waals surface area (Å²) in [6, 6.07) is -1.02. The third-order valence-corrected chi connectivity index (χ3v) is 13.4. The second-order valence-corrected chi connectivity index (χ2v) is 19.7. The third-order valence-electron chi connectivity index (χ3n) is 13.4. The van der Waals surface area contributed by atoms with E-state index in [1.165, 1.54) is 135 Å². The zero-order chi connectivity index (χ0) is 49.0. The van der Waals surface area contributed by atoms with Gasteiger partial charge in [0.1, 0.15) is 24.4 Å². The van der Waals surface area contributed by atoms with Crippen LogP contribution in [0, 0.1) is 0 Å². The first kappa shape index (κ1) is 63.2. The molecule has 1 fully saturated rings. The molecule has 8 unspecified atom stereocenters. The first-order valence-electron chi connectivity index (χ1n) is 28.1. The maximum Gasteiger partial charge on any atom is 0.306 e. The number of ether oxygens (including phenoxy) is 3. The number of allylic oxidation sites excluding steroid dienone is 3. The molecule has 67 heavy (non-hydrogen) atoms. The highest BCUT2D eigenvalue weighted by Crippen LogP contribution is 2.26. The van der Waals surface area contributed by atoms with Crippen molar-refractivity contribution in [3.63, 3.8) is 0 Å². The van der Waals surface area contributed by atoms with Crippen LogP contribution < -0.4 is 5.32 Å². The van der Waals surface area contributed by atoms with E-state index in [1.54, 1.807) is 6.08 Å². The molecule has 0 aromatic carbocycles. The molecule has 1 aliphatic rings. The highest BCUT2D eigenvalue weighted by Gasteiger charge is 2.47. The van der Waals surface area contributed by atoms with Crippen LogP contribution in [0.25, 0.3) is 0 Å². The lowest BCUT2D eigenvalue weighted by atomic mass is 9.99. The molecule has 11 nitrogen and oxygen atoms in total. The van der Waals surface area contributed by atoms with E-state index < -0.39 is 67.4 Å². The molecular formula is C56H105NO10. The quantitative estimate of drug-likeness (QED) is 0.0196. The van der Waals surface area contributed by atoms with Crippen LogP contribution in [0.15, 0.2) is 24.3 Å². The van der Waals surface area contributed by atoms with Gasteiger partial charge in [-0.3, -0.25) is 9.59 Å². The second-order valence-electron chi connectivity index (χ2n) is 19.7. The average molecular weight is 952 g/mol. The van der Waals surface area contributed by atoms with E-state index in [-0.39, 0.29) is 13.0 Å². The van der Waals surface area contributed by atoms with Crippen molar-refractivity contribution in [1.82, 2.24) is 5.32 Å². The van der Waals surface area contributed by atoms with Crippen molar-refractivity contribution in [2.45, 2.75) is 307 Å². The zero-order valence-electron chi connectivity index (χ0n) is 43.3. The lowest BCUT2D eigenvalue weighted by Crippen LogP contribution is -2.61. The standard InChI is InChI=1S/C56H105NO10/c1-4-7-10-13-16-19-22-24-26-29-31-34-37-40-43-49(60)55(64)57-47(48(59)42-39-36-33-30-28-25-23-20-17-14-11-8-5-2)46-65-56-54(53(63)52(62)50(45-58)66-56)67-51(61)44-41-38-35-32-27-21-18-15-12-9-6-3/h15,18,39,42,47-50,52-54,56,58-60,62-63H,4-14,16-17,19-38,40-41,43-46H2,1-3H3,(H,57,64)/b18-15-,42-39+. The maximum absolute atomic E-state index is 13.4. The molecule has 8 atom stereocenters. The number of nitrogens with one attached hydrogen (secondary N) is 1. The van der Waals surface area contributed by atoms with Crippen molar-refractivity contribution in [1.29, 1.82) is 0 Å². The molecule has 0 aromatic heterocycles. The highest BCUT2D eigenvalue weighted by molar-refractivity contribution is 5.80. The predicted octanol–water partition coefficient (Wildman–Crippen LogP) is 12.2. The average Bonchev–Trinajstić information content (AvgIpc) is 3.32. The van der Waals surface area contributed by atoms with Gasteiger partial charge >= 0.3 is 5.97 Å². The van der Waals surface area contributed by atoms with E-state index in [4.69, 9.17) is 14.2 Å². The maximum atomic E-state index is 13.4. The smallest absolute Gasteiger partial charge is 0.306 e. The summed E-state index contributed by atoms with van der Waals surface area (Å²) in [5, 5.41) is 56.7. The van der Waals surface area contributed by atoms with Crippen molar-refractivity contribution in [2.24, 2.45) is 0 Å². The molecule has 1 rings (SSSR count). The summed E-state index contributed by atoms with van der Waals surface area (Å²) in [6.45, 7) is 5.74. The van der Waals surface area contributed by atoms with Crippen LogP contribution in [0.3, 0.4) is 0 Å². The fourth-order valence-electron chi connectivity index (χ4n) is 8.81. The van der Waals surface area contributed by atoms with Crippen LogP contribution in [0.4, 0.5) is 0 Å². The highest BCUT2D eigenvalue weighted by atomic mass is 16.7. The Morgan fingerprint density at radius 2 is 1.00 bits per heavy atom. The van der Waals surface area contributed by atoms with Crippen molar-refractivity contribution in [2.75, 3.05) is 13.2 Å². The summed E-state index contributed by atoms with van der Waals surface area (Å²) in [6.07, 6.45) is 39.4. The fraction of sp³-hybridized carbons (Fsp3) is 0.893. The number of hydrogen-bond donors (Lipinski definition) is 6. The number of hydrogen-bond acceptors (Lipinski definition) is 10. The summed E-state index contributed by atoms with van der Waals surface area (Å²) in [4.78, 5) is 26.4. The molecule has 6 N–H and O–H groups in total. The molecule has 394 valence electrons. The largest absolute Gasteiger partial charge is 0.454 e. The number of esters is 1. The molecule has 1 saturated heterocycles. The van der Waals surface area contributed by atoms with Gasteiger partial charge in [0.15, 0.2) is 12.4 Å². The minimum absolute atomic E-state index is 0.116. The minimum atomic E-state index is -1.61. The molecule has 11 heteroatoms. The lowest BCUT2D eigenvalue weighted by Gasteiger charge is -2.41. The van der Waals surface area contributed by atoms with E-state index in [9.17, 15) is 35.1 Å². The van der Waals surface area contributed by atoms with Gasteiger partial charge in [0.05, 0.1) is 25.4 Å². The van der Waals surface area contributed by atoms with E-state index in [1.807, 2.05) is 6.08 Å². The number of amides is 1. The van der Waals surface area contributed by atoms with Gasteiger partial charge in [-0.1, -0.05) is 231 Å². The number of aliphatic hydroxyl groups excluding tert-OH is 5. The Balaban J connectivity index is 2.75. The normalized spacial score (nSPS) is 20.1. The second kappa shape index (κ2) is 45.3. The molecular weight excluding hydrogens is 847 g/mol. The summed E-state index contributed by atoms with van der Waals surface area (Å²) < 4.78 is 17.5. The Morgan fingerprint density at radius 1 is 0.567 bits per heavy atom. The molecule has 0 aromatic rings. The SMILES string of the molecule is CCCC/C=C\CCCCCCCC(=O)OC1C(OCC(NC(=O)C(O)CCCCCCCCCCCCCCCC)C(O)/C=C/CCCCCCCCCCCCC)OC(CO)C(O)C1O. The first-order valence-corrected chi connectivity index (χ1v) is 28.1. The monoisotopic (exact) mass is 952 g/mol. The van der Waals surface area contributed by atoms with Crippen molar-refractivity contribution >= 4 is 11.9 Å². The number of carbonyl (C=O) groups excluding carboxylic acids is 2. The molecule has 0 radical (unpaired) electrons. The Morgan fingerprint density at radius 3 is 1.49 bits per heavy atom. The van der Waals surface area contributed by atoms with Crippen molar-refractivity contribution in [3.05, 3.63) is 24.3 Å². The minimum Gasteiger partial charge on any atom is -0.454 e. The Labute approximate surface area is 410 Å². The van der Waals surface area contributed by atoms with Crippen molar-refractivity contribution < 1.29 is 49.3 Å². The van der Waals surface area contributed by atoms with E-state index in [2.05, 4.69) is 38.2 Å². The van der Waals surface area contributed by atoms with E-state index in [0.717, 1.165) is 77.0 Å². The van der Waals surface area contributed by atoms with Crippen LogP contribution in [-0.4, -0.2) is 99.6 Å². The molecule has 1 aliphatic heterocycles. The van der Waals surface area contributed by atoms with Gasteiger partial charge in [-0.2, -0.15) is 0 Å². The van der Waals surface area contributed by atoms with Crippen LogP contribution in [-0.2, 0) is 23.8 Å². The number of unbranched alkanes of at least 4 members (excludes halogenated alkanes) is 31. The van der Waals surface area contributed by atoms with Gasteiger partial charge in [-0.05, 0) is 44.9 Å². The van der Waals surface area contributed by atoms with E-state index in [0.29, 0.717) is 19.3 Å². The predicted molar refractivity (Wildman–Crippen MR) is 274 cm³/mol. The van der Waals surface area contributed by atoms with Gasteiger partial charge in [-0.25, -0.2) is 0 Å². The third kappa shape index (κ3) is 34.2. The van der Waals surface area contributed by atoms with Gasteiger partial charge in [0.2, 0.25) is 5.91 Å². The summed E-state index contributed by atoms with van der Waals surface area (Å²) in [7, 11) is 0. The topological polar surface area (TPSA) is 175 Å². The molecule has 1 heterocycles. The van der Waals surface area contributed by atoms with Gasteiger partial charge in [-0.15, -0.1) is 0 Å². The summed E-state index contributed by atoms with van der Waals surface area (Å²) >= 11 is 0. The summed E-state index contributed by atoms with van der Waals surface area (Å²) in [5.41, 5.74) is 0. The number of carbonyl (C=O) groups is 2.